The normalized spacial score (nSPS) is 15.9. The van der Waals surface area contributed by atoms with Crippen molar-refractivity contribution in [3.63, 3.8) is 0 Å². The number of hydrogen-bond donors (Lipinski definition) is 0. The Hall–Kier alpha value is -0.900. The van der Waals surface area contributed by atoms with Gasteiger partial charge < -0.3 is 4.90 Å². The second-order valence-corrected chi connectivity index (χ2v) is 5.88. The van der Waals surface area contributed by atoms with Crippen LogP contribution in [0.15, 0.2) is 22.7 Å². The van der Waals surface area contributed by atoms with Crippen molar-refractivity contribution >= 4 is 21.8 Å². The van der Waals surface area contributed by atoms with Gasteiger partial charge in [-0.15, -0.1) is 0 Å². The van der Waals surface area contributed by atoms with E-state index in [2.05, 4.69) is 15.9 Å². The lowest BCUT2D eigenvalue weighted by Crippen LogP contribution is -2.31. The monoisotopic (exact) mass is 313 g/mol. The summed E-state index contributed by atoms with van der Waals surface area (Å²) in [6.07, 6.45) is 4.85. The number of rotatable bonds is 3. The van der Waals surface area contributed by atoms with E-state index in [1.165, 1.54) is 31.7 Å². The SMILES string of the molecule is CN(CC1CCCC1)C(=O)c1cc(Br)ccc1F. The highest BCUT2D eigenvalue weighted by Crippen LogP contribution is 2.26. The highest BCUT2D eigenvalue weighted by atomic mass is 79.9. The summed E-state index contributed by atoms with van der Waals surface area (Å²) in [6.45, 7) is 0.727. The van der Waals surface area contributed by atoms with Crippen LogP contribution in [0, 0.1) is 11.7 Å². The van der Waals surface area contributed by atoms with Gasteiger partial charge in [-0.1, -0.05) is 28.8 Å². The van der Waals surface area contributed by atoms with Crippen LogP contribution in [0.5, 0.6) is 0 Å². The summed E-state index contributed by atoms with van der Waals surface area (Å²) >= 11 is 3.26. The van der Waals surface area contributed by atoms with Crippen LogP contribution in [0.4, 0.5) is 4.39 Å². The summed E-state index contributed by atoms with van der Waals surface area (Å²) in [5, 5.41) is 0. The molecule has 0 spiro atoms. The number of carbonyl (C=O) groups is 1. The number of nitrogens with zero attached hydrogens (tertiary/aromatic N) is 1. The molecule has 0 unspecified atom stereocenters. The average Bonchev–Trinajstić information content (AvgIpc) is 2.84. The number of benzene rings is 1. The van der Waals surface area contributed by atoms with Crippen LogP contribution >= 0.6 is 15.9 Å². The average molecular weight is 314 g/mol. The van der Waals surface area contributed by atoms with Crippen molar-refractivity contribution in [3.8, 4) is 0 Å². The first-order valence-corrected chi connectivity index (χ1v) is 7.07. The summed E-state index contributed by atoms with van der Waals surface area (Å²) in [4.78, 5) is 13.8. The lowest BCUT2D eigenvalue weighted by Gasteiger charge is -2.21. The standard InChI is InChI=1S/C14H17BrFNO/c1-17(9-10-4-2-3-5-10)14(18)12-8-11(15)6-7-13(12)16/h6-8,10H,2-5,9H2,1H3. The second-order valence-electron chi connectivity index (χ2n) is 4.96. The predicted molar refractivity (Wildman–Crippen MR) is 73.0 cm³/mol. The molecule has 0 aliphatic heterocycles. The van der Waals surface area contributed by atoms with E-state index in [1.54, 1.807) is 24.1 Å². The maximum atomic E-state index is 13.6. The molecule has 0 radical (unpaired) electrons. The maximum Gasteiger partial charge on any atom is 0.256 e. The van der Waals surface area contributed by atoms with Crippen LogP contribution in [0.3, 0.4) is 0 Å². The Morgan fingerprint density at radius 3 is 2.78 bits per heavy atom. The summed E-state index contributed by atoms with van der Waals surface area (Å²) in [7, 11) is 1.75. The van der Waals surface area contributed by atoms with Gasteiger partial charge >= 0.3 is 0 Å². The smallest absolute Gasteiger partial charge is 0.256 e. The van der Waals surface area contributed by atoms with E-state index in [4.69, 9.17) is 0 Å². The third-order valence-electron chi connectivity index (χ3n) is 3.51. The molecule has 1 aliphatic carbocycles. The predicted octanol–water partition coefficient (Wildman–Crippen LogP) is 3.85. The molecule has 18 heavy (non-hydrogen) atoms. The van der Waals surface area contributed by atoms with Gasteiger partial charge in [0.25, 0.3) is 5.91 Å². The van der Waals surface area contributed by atoms with E-state index in [9.17, 15) is 9.18 Å². The third kappa shape index (κ3) is 3.10. The molecule has 1 aromatic rings. The Morgan fingerprint density at radius 1 is 1.44 bits per heavy atom. The Kier molecular flexibility index (Phi) is 4.38. The van der Waals surface area contributed by atoms with Gasteiger partial charge in [0.2, 0.25) is 0 Å². The van der Waals surface area contributed by atoms with Gasteiger partial charge in [0, 0.05) is 18.1 Å². The fraction of sp³-hybridized carbons (Fsp3) is 0.500. The van der Waals surface area contributed by atoms with E-state index < -0.39 is 5.82 Å². The van der Waals surface area contributed by atoms with E-state index >= 15 is 0 Å². The maximum absolute atomic E-state index is 13.6. The Balaban J connectivity index is 2.07. The molecule has 4 heteroatoms. The fourth-order valence-electron chi connectivity index (χ4n) is 2.53. The van der Waals surface area contributed by atoms with E-state index in [0.29, 0.717) is 5.92 Å². The second kappa shape index (κ2) is 5.83. The summed E-state index contributed by atoms with van der Waals surface area (Å²) in [6, 6.07) is 4.46. The van der Waals surface area contributed by atoms with Crippen molar-refractivity contribution in [1.29, 1.82) is 0 Å². The highest BCUT2D eigenvalue weighted by molar-refractivity contribution is 9.10. The van der Waals surface area contributed by atoms with Crippen molar-refractivity contribution in [2.75, 3.05) is 13.6 Å². The molecule has 1 fully saturated rings. The summed E-state index contributed by atoms with van der Waals surface area (Å²) in [5.41, 5.74) is 0.143. The van der Waals surface area contributed by atoms with Gasteiger partial charge in [0.15, 0.2) is 0 Å². The molecule has 2 rings (SSSR count). The van der Waals surface area contributed by atoms with Crippen LogP contribution in [-0.2, 0) is 0 Å². The molecule has 2 nitrogen and oxygen atoms in total. The van der Waals surface area contributed by atoms with Crippen LogP contribution in [-0.4, -0.2) is 24.4 Å². The lowest BCUT2D eigenvalue weighted by molar-refractivity contribution is 0.0768. The molecule has 1 aliphatic rings. The minimum Gasteiger partial charge on any atom is -0.341 e. The number of hydrogen-bond acceptors (Lipinski definition) is 1. The van der Waals surface area contributed by atoms with Crippen molar-refractivity contribution in [1.82, 2.24) is 4.90 Å². The third-order valence-corrected chi connectivity index (χ3v) is 4.01. The van der Waals surface area contributed by atoms with Crippen molar-refractivity contribution in [2.45, 2.75) is 25.7 Å². The van der Waals surface area contributed by atoms with Crippen molar-refractivity contribution in [2.24, 2.45) is 5.92 Å². The molecule has 0 saturated heterocycles. The molecular formula is C14H17BrFNO. The number of carbonyl (C=O) groups excluding carboxylic acids is 1. The van der Waals surface area contributed by atoms with E-state index in [-0.39, 0.29) is 11.5 Å². The topological polar surface area (TPSA) is 20.3 Å². The van der Waals surface area contributed by atoms with Crippen LogP contribution < -0.4 is 0 Å². The van der Waals surface area contributed by atoms with Gasteiger partial charge in [-0.2, -0.15) is 0 Å². The van der Waals surface area contributed by atoms with Gasteiger partial charge in [-0.05, 0) is 37.0 Å². The summed E-state index contributed by atoms with van der Waals surface area (Å²) in [5.74, 6) is -0.115. The highest BCUT2D eigenvalue weighted by Gasteiger charge is 2.22. The molecule has 0 atom stereocenters. The first-order valence-electron chi connectivity index (χ1n) is 6.28. The zero-order chi connectivity index (χ0) is 13.1. The molecule has 1 amide bonds. The number of amides is 1. The lowest BCUT2D eigenvalue weighted by atomic mass is 10.1. The molecule has 0 heterocycles. The Morgan fingerprint density at radius 2 is 2.11 bits per heavy atom. The van der Waals surface area contributed by atoms with Crippen LogP contribution in [0.1, 0.15) is 36.0 Å². The Labute approximate surface area is 115 Å². The molecule has 0 N–H and O–H groups in total. The van der Waals surface area contributed by atoms with Gasteiger partial charge in [-0.3, -0.25) is 4.79 Å². The fourth-order valence-corrected chi connectivity index (χ4v) is 2.89. The molecular weight excluding hydrogens is 297 g/mol. The molecule has 1 saturated carbocycles. The first-order chi connectivity index (χ1) is 8.58. The quantitative estimate of drug-likeness (QED) is 0.830. The zero-order valence-electron chi connectivity index (χ0n) is 10.5. The zero-order valence-corrected chi connectivity index (χ0v) is 12.0. The van der Waals surface area contributed by atoms with Gasteiger partial charge in [0.1, 0.15) is 5.82 Å². The molecule has 0 aromatic heterocycles. The van der Waals surface area contributed by atoms with Crippen LogP contribution in [0.2, 0.25) is 0 Å². The number of halogens is 2. The van der Waals surface area contributed by atoms with E-state index in [0.717, 1.165) is 11.0 Å². The molecule has 0 bridgehead atoms. The first kappa shape index (κ1) is 13.5. The van der Waals surface area contributed by atoms with E-state index in [1.807, 2.05) is 0 Å². The Bertz CT molecular complexity index is 443. The van der Waals surface area contributed by atoms with Gasteiger partial charge in [-0.25, -0.2) is 4.39 Å². The largest absolute Gasteiger partial charge is 0.341 e. The summed E-state index contributed by atoms with van der Waals surface area (Å²) < 4.78 is 14.3. The molecule has 1 aromatic carbocycles. The minimum absolute atomic E-state index is 0.143. The minimum atomic E-state index is -0.457. The van der Waals surface area contributed by atoms with Crippen molar-refractivity contribution in [3.05, 3.63) is 34.1 Å². The van der Waals surface area contributed by atoms with Gasteiger partial charge in [0.05, 0.1) is 5.56 Å². The molecule has 98 valence electrons. The van der Waals surface area contributed by atoms with Crippen molar-refractivity contribution < 1.29 is 9.18 Å². The van der Waals surface area contributed by atoms with Crippen LogP contribution in [0.25, 0.3) is 0 Å².